The van der Waals surface area contributed by atoms with Crippen molar-refractivity contribution in [3.05, 3.63) is 58.5 Å². The molecule has 8 nitrogen and oxygen atoms in total. The van der Waals surface area contributed by atoms with Gasteiger partial charge in [-0.05, 0) is 62.8 Å². The van der Waals surface area contributed by atoms with Gasteiger partial charge < -0.3 is 26.6 Å². The van der Waals surface area contributed by atoms with E-state index in [1.54, 1.807) is 0 Å². The Hall–Kier alpha value is -0.886. The Balaban J connectivity index is 1.84. The number of aromatic nitrogens is 2. The quantitative estimate of drug-likeness (QED) is 0.0242. The van der Waals surface area contributed by atoms with Crippen LogP contribution >= 0.6 is 44.3 Å². The number of thiazole rings is 2. The molecule has 470 valence electrons. The molecule has 0 bridgehead atoms. The predicted octanol–water partition coefficient (Wildman–Crippen LogP) is 24.0. The average Bonchev–Trinajstić information content (AvgIpc) is 4.09. The second-order valence-electron chi connectivity index (χ2n) is 23.6. The third-order valence-electron chi connectivity index (χ3n) is 16.2. The SMILES string of the molecule is CCCCCCCCO[Si](OCCCCCCCC)(OCCCCCCCC)C(C)C(SSC(c1nc2ccccc2s1)C(C)[Si](OCCCCCCCC)(OCCCCCCCC)OCCCCCCCC)c1nc2ccccc2s1. The summed E-state index contributed by atoms with van der Waals surface area (Å²) in [7, 11) is -2.94. The van der Waals surface area contributed by atoms with E-state index in [1.807, 2.05) is 44.3 Å². The molecule has 0 saturated carbocycles. The molecular weight excluding hydrogens is 1130 g/mol. The molecular formula is C68H120N2O6S4Si2. The summed E-state index contributed by atoms with van der Waals surface area (Å²) in [5, 5.41) is 2.03. The zero-order chi connectivity index (χ0) is 58.6. The maximum Gasteiger partial charge on any atom is 0.505 e. The van der Waals surface area contributed by atoms with Gasteiger partial charge in [0.2, 0.25) is 0 Å². The maximum atomic E-state index is 7.44. The molecule has 0 N–H and O–H groups in total. The molecule has 4 unspecified atom stereocenters. The Morgan fingerprint density at radius 2 is 0.549 bits per heavy atom. The molecule has 4 rings (SSSR count). The molecule has 4 atom stereocenters. The van der Waals surface area contributed by atoms with E-state index in [0.29, 0.717) is 39.6 Å². The first-order chi connectivity index (χ1) is 40.3. The topological polar surface area (TPSA) is 81.2 Å². The highest BCUT2D eigenvalue weighted by Crippen LogP contribution is 2.59. The first kappa shape index (κ1) is 73.6. The number of hydrogen-bond donors (Lipinski definition) is 0. The van der Waals surface area contributed by atoms with Gasteiger partial charge in [0, 0.05) is 50.7 Å². The fourth-order valence-electron chi connectivity index (χ4n) is 10.8. The number of hydrogen-bond acceptors (Lipinski definition) is 12. The van der Waals surface area contributed by atoms with Crippen LogP contribution < -0.4 is 0 Å². The van der Waals surface area contributed by atoms with Crippen molar-refractivity contribution in [1.29, 1.82) is 0 Å². The van der Waals surface area contributed by atoms with Gasteiger partial charge in [-0.25, -0.2) is 9.97 Å². The number of benzene rings is 2. The summed E-state index contributed by atoms with van der Waals surface area (Å²) in [4.78, 5) is 11.1. The molecule has 2 aromatic heterocycles. The van der Waals surface area contributed by atoms with Crippen molar-refractivity contribution >= 4 is 82.3 Å². The minimum absolute atomic E-state index is 0.0870. The van der Waals surface area contributed by atoms with Crippen LogP contribution in [0.4, 0.5) is 0 Å². The van der Waals surface area contributed by atoms with Crippen molar-refractivity contribution in [2.45, 2.75) is 308 Å². The first-order valence-electron chi connectivity index (χ1n) is 34.2. The molecule has 0 saturated heterocycles. The third-order valence-corrected chi connectivity index (χ3v) is 29.1. The van der Waals surface area contributed by atoms with Crippen molar-refractivity contribution in [2.24, 2.45) is 0 Å². The Labute approximate surface area is 521 Å². The van der Waals surface area contributed by atoms with E-state index in [-0.39, 0.29) is 21.6 Å². The molecule has 0 spiro atoms. The zero-order valence-electron chi connectivity index (χ0n) is 53.6. The number of nitrogens with zero attached hydrogens (tertiary/aromatic N) is 2. The third kappa shape index (κ3) is 28.5. The van der Waals surface area contributed by atoms with Crippen molar-refractivity contribution in [3.8, 4) is 0 Å². The number of fused-ring (bicyclic) bond motifs is 2. The fraction of sp³-hybridized carbons (Fsp3) is 0.794. The summed E-state index contributed by atoms with van der Waals surface area (Å²) >= 11 is 3.65. The van der Waals surface area contributed by atoms with Crippen LogP contribution in [0.1, 0.15) is 307 Å². The summed E-state index contributed by atoms with van der Waals surface area (Å²) in [6, 6.07) is 17.4. The summed E-state index contributed by atoms with van der Waals surface area (Å²) in [6.45, 7) is 22.5. The van der Waals surface area contributed by atoms with Gasteiger partial charge in [-0.2, -0.15) is 0 Å². The lowest BCUT2D eigenvalue weighted by Crippen LogP contribution is -2.52. The van der Waals surface area contributed by atoms with E-state index in [0.717, 1.165) is 98.1 Å². The standard InChI is InChI=1S/C68H120N2O6S4Si2/c1-9-15-21-27-33-43-53-71-81(72-54-44-34-28-22-16-10-2,73-55-45-35-29-23-17-11-3)59(7)65(67-69-61-49-39-41-51-63(61)77-67)79-80-66(68-70-62-50-40-42-52-64(62)78-68)60(8)82(74-56-46-36-30-24-18-12-4,75-57-47-37-31-25-19-13-5)76-58-48-38-32-26-20-14-6/h39-42,49-52,59-60,65-66H,9-38,43-48,53-58H2,1-8H3. The van der Waals surface area contributed by atoms with Gasteiger partial charge in [-0.3, -0.25) is 0 Å². The lowest BCUT2D eigenvalue weighted by molar-refractivity contribution is 0.0460. The van der Waals surface area contributed by atoms with Crippen LogP contribution in [-0.4, -0.2) is 67.2 Å². The highest BCUT2D eigenvalue weighted by molar-refractivity contribution is 8.76. The van der Waals surface area contributed by atoms with Crippen molar-refractivity contribution in [2.75, 3.05) is 39.6 Å². The number of unbranched alkanes of at least 4 members (excludes halogenated alkanes) is 30. The first-order valence-corrected chi connectivity index (χ1v) is 41.7. The largest absolute Gasteiger partial charge is 0.505 e. The van der Waals surface area contributed by atoms with E-state index < -0.39 is 17.6 Å². The van der Waals surface area contributed by atoms with E-state index in [2.05, 4.69) is 104 Å². The zero-order valence-corrected chi connectivity index (χ0v) is 58.9. The Morgan fingerprint density at radius 1 is 0.329 bits per heavy atom. The lowest BCUT2D eigenvalue weighted by Gasteiger charge is -2.39. The Bertz CT molecular complexity index is 1810. The molecule has 0 aliphatic heterocycles. The van der Waals surface area contributed by atoms with Crippen LogP contribution in [-0.2, 0) is 26.6 Å². The van der Waals surface area contributed by atoms with Gasteiger partial charge in [0.05, 0.1) is 30.9 Å². The van der Waals surface area contributed by atoms with Gasteiger partial charge in [0.25, 0.3) is 0 Å². The van der Waals surface area contributed by atoms with Gasteiger partial charge in [0.1, 0.15) is 10.0 Å². The van der Waals surface area contributed by atoms with E-state index in [4.69, 9.17) is 36.5 Å². The summed E-state index contributed by atoms with van der Waals surface area (Å²) in [5.41, 5.74) is 1.92. The van der Waals surface area contributed by atoms with Crippen molar-refractivity contribution in [3.63, 3.8) is 0 Å². The molecule has 0 radical (unpaired) electrons. The van der Waals surface area contributed by atoms with Crippen molar-refractivity contribution in [1.82, 2.24) is 9.97 Å². The molecule has 4 aromatic rings. The van der Waals surface area contributed by atoms with Gasteiger partial charge in [-0.1, -0.05) is 294 Å². The monoisotopic (exact) mass is 1240 g/mol. The number of para-hydroxylation sites is 2. The van der Waals surface area contributed by atoms with Crippen LogP contribution in [0.3, 0.4) is 0 Å². The lowest BCUT2D eigenvalue weighted by atomic mass is 10.1. The number of rotatable bonds is 57. The van der Waals surface area contributed by atoms with Crippen molar-refractivity contribution < 1.29 is 26.6 Å². The molecule has 0 fully saturated rings. The predicted molar refractivity (Wildman–Crippen MR) is 366 cm³/mol. The summed E-state index contributed by atoms with van der Waals surface area (Å²) in [5.74, 6) is 0. The van der Waals surface area contributed by atoms with Gasteiger partial charge in [0.15, 0.2) is 0 Å². The van der Waals surface area contributed by atoms with Gasteiger partial charge in [-0.15, -0.1) is 22.7 Å². The van der Waals surface area contributed by atoms with Crippen LogP contribution in [0.2, 0.25) is 11.1 Å². The molecule has 0 aliphatic carbocycles. The molecule has 14 heteroatoms. The van der Waals surface area contributed by atoms with Gasteiger partial charge >= 0.3 is 17.6 Å². The minimum atomic E-state index is -3.41. The normalized spacial score (nSPS) is 13.9. The second-order valence-corrected chi connectivity index (χ2v) is 34.2. The van der Waals surface area contributed by atoms with Crippen LogP contribution in [0.25, 0.3) is 20.4 Å². The molecule has 2 heterocycles. The molecule has 82 heavy (non-hydrogen) atoms. The highest BCUT2D eigenvalue weighted by atomic mass is 33.1. The summed E-state index contributed by atoms with van der Waals surface area (Å²) < 4.78 is 47.1. The Kier molecular flexibility index (Phi) is 42.3. The average molecular weight is 1250 g/mol. The van der Waals surface area contributed by atoms with E-state index in [1.165, 1.54) is 163 Å². The van der Waals surface area contributed by atoms with Crippen LogP contribution in [0, 0.1) is 0 Å². The van der Waals surface area contributed by atoms with Crippen LogP contribution in [0.15, 0.2) is 48.5 Å². The maximum absolute atomic E-state index is 7.44. The second kappa shape index (κ2) is 47.2. The molecule has 2 aromatic carbocycles. The van der Waals surface area contributed by atoms with E-state index in [9.17, 15) is 0 Å². The van der Waals surface area contributed by atoms with Crippen LogP contribution in [0.5, 0.6) is 0 Å². The fourth-order valence-corrected chi connectivity index (χ4v) is 24.9. The van der Waals surface area contributed by atoms with E-state index >= 15 is 0 Å². The summed E-state index contributed by atoms with van der Waals surface area (Å²) in [6.07, 6.45) is 43.4. The molecule has 0 aliphatic rings. The minimum Gasteiger partial charge on any atom is -0.373 e. The smallest absolute Gasteiger partial charge is 0.373 e. The highest BCUT2D eigenvalue weighted by Gasteiger charge is 2.55. The Morgan fingerprint density at radius 3 is 0.780 bits per heavy atom. The molecule has 0 amide bonds.